The molecule has 1 saturated heterocycles. The van der Waals surface area contributed by atoms with Crippen molar-refractivity contribution in [1.82, 2.24) is 0 Å². The Labute approximate surface area is 94.9 Å². The molecule has 2 atom stereocenters. The van der Waals surface area contributed by atoms with Crippen LogP contribution in [0.15, 0.2) is 36.4 Å². The van der Waals surface area contributed by atoms with E-state index in [4.69, 9.17) is 4.74 Å². The standard InChI is InChI=1S/C14H14O2/c1-9-12-11-6-4-3-5-10(11)7-8-14(12,2)16-13(9)15/h3-6,12H,1,7-8H2,2H3/t12-,14+/m1/s1. The molecule has 1 aliphatic heterocycles. The lowest BCUT2D eigenvalue weighted by molar-refractivity contribution is -0.146. The molecule has 16 heavy (non-hydrogen) atoms. The molecule has 1 heterocycles. The molecule has 0 amide bonds. The zero-order valence-electron chi connectivity index (χ0n) is 9.32. The number of carbonyl (C=O) groups is 1. The van der Waals surface area contributed by atoms with Crippen molar-refractivity contribution in [2.45, 2.75) is 31.3 Å². The van der Waals surface area contributed by atoms with Gasteiger partial charge in [-0.3, -0.25) is 0 Å². The summed E-state index contributed by atoms with van der Waals surface area (Å²) in [5.74, 6) is -0.186. The summed E-state index contributed by atoms with van der Waals surface area (Å²) < 4.78 is 5.48. The van der Waals surface area contributed by atoms with Gasteiger partial charge in [-0.1, -0.05) is 30.8 Å². The highest BCUT2D eigenvalue weighted by Gasteiger charge is 2.51. The second-order valence-electron chi connectivity index (χ2n) is 4.86. The number of carbonyl (C=O) groups excluding carboxylic acids is 1. The fourth-order valence-electron chi connectivity index (χ4n) is 2.96. The van der Waals surface area contributed by atoms with Crippen molar-refractivity contribution in [2.24, 2.45) is 0 Å². The Morgan fingerprint density at radius 3 is 3.00 bits per heavy atom. The molecule has 2 heteroatoms. The van der Waals surface area contributed by atoms with Gasteiger partial charge in [0.2, 0.25) is 0 Å². The first-order chi connectivity index (χ1) is 7.62. The van der Waals surface area contributed by atoms with E-state index in [1.807, 2.05) is 19.1 Å². The monoisotopic (exact) mass is 214 g/mol. The molecule has 0 spiro atoms. The van der Waals surface area contributed by atoms with Gasteiger partial charge in [0, 0.05) is 5.57 Å². The van der Waals surface area contributed by atoms with E-state index in [1.165, 1.54) is 11.1 Å². The highest BCUT2D eigenvalue weighted by atomic mass is 16.6. The molecule has 1 fully saturated rings. The molecule has 0 saturated carbocycles. The van der Waals surface area contributed by atoms with Crippen LogP contribution in [0.25, 0.3) is 0 Å². The van der Waals surface area contributed by atoms with Gasteiger partial charge in [0.1, 0.15) is 5.60 Å². The summed E-state index contributed by atoms with van der Waals surface area (Å²) >= 11 is 0. The Morgan fingerprint density at radius 2 is 2.19 bits per heavy atom. The molecular weight excluding hydrogens is 200 g/mol. The first kappa shape index (κ1) is 9.64. The van der Waals surface area contributed by atoms with Crippen LogP contribution in [0, 0.1) is 0 Å². The third-order valence-corrected chi connectivity index (χ3v) is 3.80. The van der Waals surface area contributed by atoms with E-state index in [-0.39, 0.29) is 17.5 Å². The Bertz CT molecular complexity index is 489. The average molecular weight is 214 g/mol. The van der Waals surface area contributed by atoms with Gasteiger partial charge in [0.15, 0.2) is 0 Å². The maximum Gasteiger partial charge on any atom is 0.334 e. The highest BCUT2D eigenvalue weighted by molar-refractivity contribution is 5.93. The first-order valence-corrected chi connectivity index (χ1v) is 5.62. The van der Waals surface area contributed by atoms with Crippen LogP contribution >= 0.6 is 0 Å². The van der Waals surface area contributed by atoms with Gasteiger partial charge in [-0.05, 0) is 30.9 Å². The van der Waals surface area contributed by atoms with Crippen molar-refractivity contribution < 1.29 is 9.53 Å². The number of aryl methyl sites for hydroxylation is 1. The number of benzene rings is 1. The minimum absolute atomic E-state index is 0.0462. The topological polar surface area (TPSA) is 26.3 Å². The van der Waals surface area contributed by atoms with Crippen LogP contribution in [-0.4, -0.2) is 11.6 Å². The molecule has 82 valence electrons. The van der Waals surface area contributed by atoms with Gasteiger partial charge in [0.25, 0.3) is 0 Å². The quantitative estimate of drug-likeness (QED) is 0.490. The molecule has 1 aliphatic carbocycles. The van der Waals surface area contributed by atoms with E-state index in [9.17, 15) is 4.79 Å². The number of hydrogen-bond acceptors (Lipinski definition) is 2. The summed E-state index contributed by atoms with van der Waals surface area (Å²) in [6, 6.07) is 8.28. The Morgan fingerprint density at radius 1 is 1.44 bits per heavy atom. The molecule has 0 bridgehead atoms. The summed E-state index contributed by atoms with van der Waals surface area (Å²) in [5, 5.41) is 0. The molecule has 1 aromatic rings. The summed E-state index contributed by atoms with van der Waals surface area (Å²) in [4.78, 5) is 11.6. The van der Waals surface area contributed by atoms with Gasteiger partial charge in [-0.25, -0.2) is 4.79 Å². The van der Waals surface area contributed by atoms with Crippen LogP contribution in [0.5, 0.6) is 0 Å². The summed E-state index contributed by atoms with van der Waals surface area (Å²) in [7, 11) is 0. The Balaban J connectivity index is 2.18. The third kappa shape index (κ3) is 1.10. The second kappa shape index (κ2) is 2.97. The van der Waals surface area contributed by atoms with E-state index in [0.717, 1.165) is 12.8 Å². The fraction of sp³-hybridized carbons (Fsp3) is 0.357. The number of hydrogen-bond donors (Lipinski definition) is 0. The number of ether oxygens (including phenoxy) is 1. The van der Waals surface area contributed by atoms with Crippen LogP contribution in [0.1, 0.15) is 30.4 Å². The lowest BCUT2D eigenvalue weighted by Gasteiger charge is -2.35. The zero-order chi connectivity index (χ0) is 11.3. The number of rotatable bonds is 0. The Hall–Kier alpha value is -1.57. The van der Waals surface area contributed by atoms with Gasteiger partial charge in [0.05, 0.1) is 5.92 Å². The van der Waals surface area contributed by atoms with Crippen LogP contribution in [0.3, 0.4) is 0 Å². The van der Waals surface area contributed by atoms with Crippen LogP contribution in [0.4, 0.5) is 0 Å². The molecule has 3 rings (SSSR count). The average Bonchev–Trinajstić information content (AvgIpc) is 2.50. The van der Waals surface area contributed by atoms with Crippen LogP contribution in [-0.2, 0) is 16.0 Å². The maximum absolute atomic E-state index is 11.6. The second-order valence-corrected chi connectivity index (χ2v) is 4.86. The lowest BCUT2D eigenvalue weighted by atomic mass is 9.71. The number of fused-ring (bicyclic) bond motifs is 3. The van der Waals surface area contributed by atoms with E-state index >= 15 is 0 Å². The van der Waals surface area contributed by atoms with Crippen LogP contribution < -0.4 is 0 Å². The van der Waals surface area contributed by atoms with E-state index in [2.05, 4.69) is 18.7 Å². The van der Waals surface area contributed by atoms with Crippen molar-refractivity contribution in [2.75, 3.05) is 0 Å². The molecule has 0 N–H and O–H groups in total. The fourth-order valence-corrected chi connectivity index (χ4v) is 2.96. The van der Waals surface area contributed by atoms with Gasteiger partial charge < -0.3 is 4.74 Å². The van der Waals surface area contributed by atoms with Crippen LogP contribution in [0.2, 0.25) is 0 Å². The maximum atomic E-state index is 11.6. The number of esters is 1. The van der Waals surface area contributed by atoms with Crippen molar-refractivity contribution in [3.63, 3.8) is 0 Å². The van der Waals surface area contributed by atoms with Crippen molar-refractivity contribution >= 4 is 5.97 Å². The summed E-state index contributed by atoms with van der Waals surface area (Å²) in [6.45, 7) is 5.91. The lowest BCUT2D eigenvalue weighted by Crippen LogP contribution is -2.35. The smallest absolute Gasteiger partial charge is 0.334 e. The van der Waals surface area contributed by atoms with Gasteiger partial charge in [-0.2, -0.15) is 0 Å². The third-order valence-electron chi connectivity index (χ3n) is 3.80. The van der Waals surface area contributed by atoms with Crippen molar-refractivity contribution in [3.05, 3.63) is 47.5 Å². The normalized spacial score (nSPS) is 31.9. The largest absolute Gasteiger partial charge is 0.455 e. The molecular formula is C14H14O2. The molecule has 0 aromatic heterocycles. The Kier molecular flexibility index (Phi) is 1.79. The van der Waals surface area contributed by atoms with E-state index < -0.39 is 0 Å². The summed E-state index contributed by atoms with van der Waals surface area (Å²) in [6.07, 6.45) is 1.86. The van der Waals surface area contributed by atoms with Crippen molar-refractivity contribution in [1.29, 1.82) is 0 Å². The predicted molar refractivity (Wildman–Crippen MR) is 61.1 cm³/mol. The van der Waals surface area contributed by atoms with E-state index in [0.29, 0.717) is 5.57 Å². The molecule has 0 unspecified atom stereocenters. The van der Waals surface area contributed by atoms with Gasteiger partial charge in [-0.15, -0.1) is 0 Å². The minimum Gasteiger partial charge on any atom is -0.455 e. The highest BCUT2D eigenvalue weighted by Crippen LogP contribution is 2.49. The van der Waals surface area contributed by atoms with Gasteiger partial charge >= 0.3 is 5.97 Å². The molecule has 2 aliphatic rings. The van der Waals surface area contributed by atoms with E-state index in [1.54, 1.807) is 0 Å². The predicted octanol–water partition coefficient (Wildman–Crippen LogP) is 2.59. The molecule has 1 aromatic carbocycles. The van der Waals surface area contributed by atoms with Crippen molar-refractivity contribution in [3.8, 4) is 0 Å². The SMILES string of the molecule is C=C1C(=O)O[C@@]2(C)CCc3ccccc3[C@@H]12. The zero-order valence-corrected chi connectivity index (χ0v) is 9.32. The molecule has 2 nitrogen and oxygen atoms in total. The molecule has 0 radical (unpaired) electrons. The first-order valence-electron chi connectivity index (χ1n) is 5.62. The minimum atomic E-state index is -0.372. The summed E-state index contributed by atoms with van der Waals surface area (Å²) in [5.41, 5.74) is 2.77.